The van der Waals surface area contributed by atoms with E-state index in [1.807, 2.05) is 61.5 Å². The lowest BCUT2D eigenvalue weighted by Gasteiger charge is -2.29. The zero-order valence-electron chi connectivity index (χ0n) is 11.6. The van der Waals surface area contributed by atoms with Crippen LogP contribution in [0.15, 0.2) is 59.1 Å². The van der Waals surface area contributed by atoms with Crippen molar-refractivity contribution in [3.8, 4) is 0 Å². The number of hydrazine groups is 1. The van der Waals surface area contributed by atoms with Gasteiger partial charge in [-0.2, -0.15) is 0 Å². The first-order valence-electron chi connectivity index (χ1n) is 6.76. The molecule has 0 aliphatic carbocycles. The van der Waals surface area contributed by atoms with Gasteiger partial charge in [-0.1, -0.05) is 45.8 Å². The fourth-order valence-corrected chi connectivity index (χ4v) is 2.49. The van der Waals surface area contributed by atoms with Gasteiger partial charge in [0, 0.05) is 10.9 Å². The fraction of sp³-hybridized carbons (Fsp3) is 0.118. The zero-order valence-corrected chi connectivity index (χ0v) is 13.2. The first-order valence-corrected chi connectivity index (χ1v) is 7.55. The van der Waals surface area contributed by atoms with Crippen LogP contribution in [0.5, 0.6) is 0 Å². The predicted molar refractivity (Wildman–Crippen MR) is 88.5 cm³/mol. The van der Waals surface area contributed by atoms with Crippen LogP contribution < -0.4 is 10.4 Å². The molecule has 1 N–H and O–H groups in total. The average Bonchev–Trinajstić information content (AvgIpc) is 2.50. The van der Waals surface area contributed by atoms with E-state index in [2.05, 4.69) is 21.4 Å². The third-order valence-electron chi connectivity index (χ3n) is 3.41. The van der Waals surface area contributed by atoms with E-state index in [-0.39, 0.29) is 5.91 Å². The van der Waals surface area contributed by atoms with Crippen LogP contribution in [0.2, 0.25) is 0 Å². The monoisotopic (exact) mass is 342 g/mol. The van der Waals surface area contributed by atoms with E-state index in [9.17, 15) is 4.79 Å². The summed E-state index contributed by atoms with van der Waals surface area (Å²) in [5, 5.41) is 1.61. The maximum Gasteiger partial charge on any atom is 0.249 e. The van der Waals surface area contributed by atoms with Crippen molar-refractivity contribution in [2.45, 2.75) is 13.3 Å². The second kappa shape index (κ2) is 5.74. The van der Waals surface area contributed by atoms with Crippen molar-refractivity contribution in [3.63, 3.8) is 0 Å². The quantitative estimate of drug-likeness (QED) is 0.893. The molecule has 106 valence electrons. The number of amides is 1. The Kier molecular flexibility index (Phi) is 3.80. The molecule has 1 aliphatic heterocycles. The van der Waals surface area contributed by atoms with Crippen LogP contribution in [0.1, 0.15) is 17.5 Å². The minimum atomic E-state index is 0.0414. The van der Waals surface area contributed by atoms with E-state index in [0.717, 1.165) is 21.4 Å². The van der Waals surface area contributed by atoms with Crippen molar-refractivity contribution in [1.82, 2.24) is 5.43 Å². The second-order valence-corrected chi connectivity index (χ2v) is 5.92. The van der Waals surface area contributed by atoms with Crippen molar-refractivity contribution in [3.05, 3.63) is 70.2 Å². The molecule has 0 atom stereocenters. The molecule has 0 saturated heterocycles. The normalized spacial score (nSPS) is 14.7. The molecule has 21 heavy (non-hydrogen) atoms. The van der Waals surface area contributed by atoms with Gasteiger partial charge in [0.25, 0.3) is 0 Å². The van der Waals surface area contributed by atoms with Gasteiger partial charge in [0.05, 0.1) is 11.4 Å². The SMILES string of the molecule is Cc1ccc(N2NC(c3ccc(Br)cc3)=CCC2=O)cc1. The van der Waals surface area contributed by atoms with Gasteiger partial charge in [-0.05, 0) is 42.8 Å². The molecule has 0 unspecified atom stereocenters. The molecule has 4 heteroatoms. The molecule has 0 bridgehead atoms. The number of nitrogens with one attached hydrogen (secondary N) is 1. The maximum absolute atomic E-state index is 12.1. The van der Waals surface area contributed by atoms with E-state index >= 15 is 0 Å². The van der Waals surface area contributed by atoms with Crippen LogP contribution >= 0.6 is 15.9 Å². The van der Waals surface area contributed by atoms with Gasteiger partial charge in [-0.25, -0.2) is 5.01 Å². The Labute approximate surface area is 132 Å². The summed E-state index contributed by atoms with van der Waals surface area (Å²) in [4.78, 5) is 12.1. The van der Waals surface area contributed by atoms with Gasteiger partial charge >= 0.3 is 0 Å². The molecular formula is C17H15BrN2O. The fourth-order valence-electron chi connectivity index (χ4n) is 2.22. The number of halogens is 1. The molecule has 3 rings (SSSR count). The Morgan fingerprint density at radius 3 is 2.38 bits per heavy atom. The average molecular weight is 343 g/mol. The summed E-state index contributed by atoms with van der Waals surface area (Å²) >= 11 is 3.43. The van der Waals surface area contributed by atoms with E-state index in [4.69, 9.17) is 0 Å². The first kappa shape index (κ1) is 13.9. The van der Waals surface area contributed by atoms with Gasteiger partial charge in [0.2, 0.25) is 5.91 Å². The number of nitrogens with zero attached hydrogens (tertiary/aromatic N) is 1. The number of carbonyl (C=O) groups excluding carboxylic acids is 1. The Morgan fingerprint density at radius 1 is 1.05 bits per heavy atom. The van der Waals surface area contributed by atoms with Gasteiger partial charge in [-0.15, -0.1) is 0 Å². The van der Waals surface area contributed by atoms with Gasteiger partial charge in [-0.3, -0.25) is 10.2 Å². The Hall–Kier alpha value is -2.07. The Balaban J connectivity index is 1.88. The molecule has 2 aromatic rings. The van der Waals surface area contributed by atoms with E-state index in [1.165, 1.54) is 5.56 Å². The highest BCUT2D eigenvalue weighted by molar-refractivity contribution is 9.10. The highest BCUT2D eigenvalue weighted by Gasteiger charge is 2.21. The highest BCUT2D eigenvalue weighted by Crippen LogP contribution is 2.23. The summed E-state index contributed by atoms with van der Waals surface area (Å²) < 4.78 is 1.04. The lowest BCUT2D eigenvalue weighted by Crippen LogP contribution is -2.44. The summed E-state index contributed by atoms with van der Waals surface area (Å²) in [6.45, 7) is 2.03. The van der Waals surface area contributed by atoms with Crippen LogP contribution in [0, 0.1) is 6.92 Å². The number of benzene rings is 2. The third-order valence-corrected chi connectivity index (χ3v) is 3.94. The molecule has 0 spiro atoms. The molecule has 0 aromatic heterocycles. The molecule has 0 fully saturated rings. The van der Waals surface area contributed by atoms with Crippen LogP contribution in [0.25, 0.3) is 5.70 Å². The topological polar surface area (TPSA) is 32.3 Å². The standard InChI is InChI=1S/C17H15BrN2O/c1-12-2-8-15(9-3-12)20-17(21)11-10-16(19-20)13-4-6-14(18)7-5-13/h2-10,19H,11H2,1H3. The van der Waals surface area contributed by atoms with E-state index in [0.29, 0.717) is 6.42 Å². The van der Waals surface area contributed by atoms with Gasteiger partial charge in [0.15, 0.2) is 0 Å². The molecule has 1 amide bonds. The Bertz CT molecular complexity index is 690. The number of hydrogen-bond donors (Lipinski definition) is 1. The molecular weight excluding hydrogens is 328 g/mol. The van der Waals surface area contributed by atoms with E-state index in [1.54, 1.807) is 5.01 Å². The summed E-state index contributed by atoms with van der Waals surface area (Å²) in [6, 6.07) is 15.9. The second-order valence-electron chi connectivity index (χ2n) is 5.01. The molecule has 2 aromatic carbocycles. The first-order chi connectivity index (χ1) is 10.1. The van der Waals surface area contributed by atoms with Crippen molar-refractivity contribution >= 4 is 33.2 Å². The largest absolute Gasteiger partial charge is 0.291 e. The number of hydrogen-bond acceptors (Lipinski definition) is 2. The van der Waals surface area contributed by atoms with Crippen molar-refractivity contribution < 1.29 is 4.79 Å². The summed E-state index contributed by atoms with van der Waals surface area (Å²) in [5.74, 6) is 0.0414. The van der Waals surface area contributed by atoms with Crippen molar-refractivity contribution in [1.29, 1.82) is 0 Å². The number of rotatable bonds is 2. The molecule has 3 nitrogen and oxygen atoms in total. The van der Waals surface area contributed by atoms with E-state index < -0.39 is 0 Å². The lowest BCUT2D eigenvalue weighted by atomic mass is 10.1. The maximum atomic E-state index is 12.1. The van der Waals surface area contributed by atoms with Crippen molar-refractivity contribution in [2.24, 2.45) is 0 Å². The highest BCUT2D eigenvalue weighted by atomic mass is 79.9. The van der Waals surface area contributed by atoms with Crippen LogP contribution in [0.4, 0.5) is 5.69 Å². The zero-order chi connectivity index (χ0) is 14.8. The number of anilines is 1. The van der Waals surface area contributed by atoms with Crippen LogP contribution in [-0.4, -0.2) is 5.91 Å². The minimum absolute atomic E-state index is 0.0414. The summed E-state index contributed by atoms with van der Waals surface area (Å²) in [7, 11) is 0. The smallest absolute Gasteiger partial charge is 0.249 e. The predicted octanol–water partition coefficient (Wildman–Crippen LogP) is 4.04. The molecule has 0 saturated carbocycles. The van der Waals surface area contributed by atoms with Gasteiger partial charge in [0.1, 0.15) is 0 Å². The molecule has 1 heterocycles. The molecule has 1 aliphatic rings. The summed E-state index contributed by atoms with van der Waals surface area (Å²) in [5.41, 5.74) is 7.24. The van der Waals surface area contributed by atoms with Crippen molar-refractivity contribution in [2.75, 3.05) is 5.01 Å². The lowest BCUT2D eigenvalue weighted by molar-refractivity contribution is -0.118. The molecule has 0 radical (unpaired) electrons. The van der Waals surface area contributed by atoms with Crippen LogP contribution in [0.3, 0.4) is 0 Å². The number of carbonyl (C=O) groups is 1. The van der Waals surface area contributed by atoms with Gasteiger partial charge < -0.3 is 0 Å². The minimum Gasteiger partial charge on any atom is -0.291 e. The summed E-state index contributed by atoms with van der Waals surface area (Å²) in [6.07, 6.45) is 2.32. The van der Waals surface area contributed by atoms with Crippen LogP contribution in [-0.2, 0) is 4.79 Å². The third kappa shape index (κ3) is 3.00. The Morgan fingerprint density at radius 2 is 1.71 bits per heavy atom. The number of aryl methyl sites for hydroxylation is 1.